The Balaban J connectivity index is 1.74. The smallest absolute Gasteiger partial charge is 0.240 e. The van der Waals surface area contributed by atoms with Crippen molar-refractivity contribution < 1.29 is 9.26 Å². The molecule has 1 aromatic heterocycles. The van der Waals surface area contributed by atoms with E-state index in [2.05, 4.69) is 54.0 Å². The fraction of sp³-hybridized carbons (Fsp3) is 0.529. The molecule has 23 heavy (non-hydrogen) atoms. The first-order valence-electron chi connectivity index (χ1n) is 8.01. The molecule has 1 aliphatic rings. The third-order valence-electron chi connectivity index (χ3n) is 4.37. The molecule has 124 valence electrons. The maximum Gasteiger partial charge on any atom is 0.240 e. The fourth-order valence-corrected chi connectivity index (χ4v) is 2.94. The van der Waals surface area contributed by atoms with Gasteiger partial charge in [0.1, 0.15) is 0 Å². The summed E-state index contributed by atoms with van der Waals surface area (Å²) in [5.74, 6) is 1.16. The Morgan fingerprint density at radius 3 is 2.91 bits per heavy atom. The molecular weight excluding hydrogens is 292 g/mol. The largest absolute Gasteiger partial charge is 0.371 e. The van der Waals surface area contributed by atoms with Crippen LogP contribution in [0.1, 0.15) is 41.4 Å². The number of morpholine rings is 1. The molecule has 2 heterocycles. The normalized spacial score (nSPS) is 22.4. The monoisotopic (exact) mass is 316 g/mol. The molecular formula is C17H24N4O2. The van der Waals surface area contributed by atoms with Crippen molar-refractivity contribution in [1.82, 2.24) is 15.0 Å². The maximum atomic E-state index is 6.08. The minimum absolute atomic E-state index is 0.0759. The van der Waals surface area contributed by atoms with Gasteiger partial charge in [-0.3, -0.25) is 4.90 Å². The van der Waals surface area contributed by atoms with Crippen LogP contribution in [0, 0.1) is 13.8 Å². The number of benzene rings is 1. The van der Waals surface area contributed by atoms with Crippen molar-refractivity contribution in [2.24, 2.45) is 5.73 Å². The molecule has 0 bridgehead atoms. The summed E-state index contributed by atoms with van der Waals surface area (Å²) in [6.07, 6.45) is 0.0759. The average molecular weight is 316 g/mol. The highest BCUT2D eigenvalue weighted by molar-refractivity contribution is 5.32. The SMILES string of the molecule is Cc1ccc(C)c(C2CN(Cc3noc(CN)n3)C(C)CO2)c1. The number of hydrogen-bond acceptors (Lipinski definition) is 6. The molecule has 2 unspecified atom stereocenters. The van der Waals surface area contributed by atoms with Crippen LogP contribution >= 0.6 is 0 Å². The Morgan fingerprint density at radius 1 is 1.35 bits per heavy atom. The highest BCUT2D eigenvalue weighted by Crippen LogP contribution is 2.28. The van der Waals surface area contributed by atoms with Gasteiger partial charge in [0.2, 0.25) is 5.89 Å². The molecule has 2 N–H and O–H groups in total. The lowest BCUT2D eigenvalue weighted by Crippen LogP contribution is -2.44. The van der Waals surface area contributed by atoms with Gasteiger partial charge in [0.25, 0.3) is 0 Å². The van der Waals surface area contributed by atoms with Crippen molar-refractivity contribution in [3.05, 3.63) is 46.6 Å². The molecule has 2 aromatic rings. The molecule has 1 aromatic carbocycles. The zero-order valence-corrected chi connectivity index (χ0v) is 14.0. The summed E-state index contributed by atoms with van der Waals surface area (Å²) >= 11 is 0. The molecule has 0 amide bonds. The van der Waals surface area contributed by atoms with Crippen LogP contribution in [0.25, 0.3) is 0 Å². The van der Waals surface area contributed by atoms with E-state index in [4.69, 9.17) is 15.0 Å². The molecule has 0 saturated carbocycles. The number of ether oxygens (including phenoxy) is 1. The second-order valence-electron chi connectivity index (χ2n) is 6.27. The first-order valence-corrected chi connectivity index (χ1v) is 8.01. The van der Waals surface area contributed by atoms with Gasteiger partial charge < -0.3 is 15.0 Å². The second-order valence-corrected chi connectivity index (χ2v) is 6.27. The minimum Gasteiger partial charge on any atom is -0.371 e. The van der Waals surface area contributed by atoms with Crippen molar-refractivity contribution in [3.8, 4) is 0 Å². The van der Waals surface area contributed by atoms with Gasteiger partial charge in [-0.05, 0) is 31.9 Å². The van der Waals surface area contributed by atoms with E-state index in [1.165, 1.54) is 16.7 Å². The van der Waals surface area contributed by atoms with Crippen LogP contribution in [0.15, 0.2) is 22.7 Å². The van der Waals surface area contributed by atoms with E-state index < -0.39 is 0 Å². The molecule has 6 nitrogen and oxygen atoms in total. The minimum atomic E-state index is 0.0759. The summed E-state index contributed by atoms with van der Waals surface area (Å²) in [7, 11) is 0. The van der Waals surface area contributed by atoms with E-state index in [0.29, 0.717) is 30.9 Å². The van der Waals surface area contributed by atoms with Gasteiger partial charge in [0.05, 0.1) is 25.8 Å². The van der Waals surface area contributed by atoms with E-state index in [0.717, 1.165) is 6.54 Å². The summed E-state index contributed by atoms with van der Waals surface area (Å²) in [4.78, 5) is 6.64. The Hall–Kier alpha value is -1.76. The number of aryl methyl sites for hydroxylation is 2. The lowest BCUT2D eigenvalue weighted by Gasteiger charge is -2.38. The summed E-state index contributed by atoms with van der Waals surface area (Å²) in [5.41, 5.74) is 9.30. The zero-order valence-electron chi connectivity index (χ0n) is 14.0. The van der Waals surface area contributed by atoms with Crippen molar-refractivity contribution in [3.63, 3.8) is 0 Å². The summed E-state index contributed by atoms with van der Waals surface area (Å²) < 4.78 is 11.2. The summed E-state index contributed by atoms with van der Waals surface area (Å²) in [5, 5.41) is 4.00. The number of hydrogen-bond donors (Lipinski definition) is 1. The quantitative estimate of drug-likeness (QED) is 0.931. The van der Waals surface area contributed by atoms with Crippen LogP contribution in [0.4, 0.5) is 0 Å². The van der Waals surface area contributed by atoms with Crippen LogP contribution in [0.5, 0.6) is 0 Å². The average Bonchev–Trinajstić information content (AvgIpc) is 3.00. The number of aromatic nitrogens is 2. The Kier molecular flexibility index (Phi) is 4.75. The van der Waals surface area contributed by atoms with Crippen molar-refractivity contribution >= 4 is 0 Å². The van der Waals surface area contributed by atoms with Crippen LogP contribution < -0.4 is 5.73 Å². The third-order valence-corrected chi connectivity index (χ3v) is 4.37. The Bertz CT molecular complexity index is 670. The molecule has 2 atom stereocenters. The van der Waals surface area contributed by atoms with E-state index in [9.17, 15) is 0 Å². The van der Waals surface area contributed by atoms with E-state index in [1.54, 1.807) is 0 Å². The number of nitrogens with zero attached hydrogens (tertiary/aromatic N) is 3. The zero-order chi connectivity index (χ0) is 16.4. The lowest BCUT2D eigenvalue weighted by atomic mass is 9.99. The molecule has 1 fully saturated rings. The Morgan fingerprint density at radius 2 is 2.17 bits per heavy atom. The van der Waals surface area contributed by atoms with E-state index in [-0.39, 0.29) is 12.6 Å². The molecule has 1 saturated heterocycles. The highest BCUT2D eigenvalue weighted by atomic mass is 16.5. The molecule has 0 radical (unpaired) electrons. The molecule has 3 rings (SSSR count). The van der Waals surface area contributed by atoms with Gasteiger partial charge in [-0.1, -0.05) is 28.9 Å². The Labute approximate surface area is 136 Å². The summed E-state index contributed by atoms with van der Waals surface area (Å²) in [6.45, 7) is 8.83. The second kappa shape index (κ2) is 6.78. The van der Waals surface area contributed by atoms with Gasteiger partial charge in [-0.2, -0.15) is 4.98 Å². The lowest BCUT2D eigenvalue weighted by molar-refractivity contribution is -0.0644. The molecule has 6 heteroatoms. The maximum absolute atomic E-state index is 6.08. The first kappa shape index (κ1) is 16.1. The first-order chi connectivity index (χ1) is 11.1. The van der Waals surface area contributed by atoms with Crippen molar-refractivity contribution in [2.45, 2.75) is 46.0 Å². The van der Waals surface area contributed by atoms with Crippen LogP contribution in [-0.2, 0) is 17.8 Å². The predicted octanol–water partition coefficient (Wildman–Crippen LogP) is 2.11. The van der Waals surface area contributed by atoms with Gasteiger partial charge in [-0.25, -0.2) is 0 Å². The molecule has 0 spiro atoms. The number of rotatable bonds is 4. The standard InChI is InChI=1S/C17H24N4O2/c1-11-4-5-12(2)14(6-11)15-8-21(13(3)10-22-15)9-16-19-17(7-18)23-20-16/h4-6,13,15H,7-10,18H2,1-3H3. The predicted molar refractivity (Wildman–Crippen MR) is 86.7 cm³/mol. The van der Waals surface area contributed by atoms with E-state index in [1.807, 2.05) is 0 Å². The van der Waals surface area contributed by atoms with Crippen LogP contribution in [0.2, 0.25) is 0 Å². The molecule has 1 aliphatic heterocycles. The van der Waals surface area contributed by atoms with Crippen LogP contribution in [-0.4, -0.2) is 34.2 Å². The van der Waals surface area contributed by atoms with Crippen molar-refractivity contribution in [2.75, 3.05) is 13.2 Å². The van der Waals surface area contributed by atoms with Gasteiger partial charge in [0, 0.05) is 12.6 Å². The highest BCUT2D eigenvalue weighted by Gasteiger charge is 2.29. The molecule has 0 aliphatic carbocycles. The van der Waals surface area contributed by atoms with Crippen LogP contribution in [0.3, 0.4) is 0 Å². The fourth-order valence-electron chi connectivity index (χ4n) is 2.94. The third kappa shape index (κ3) is 3.60. The van der Waals surface area contributed by atoms with Crippen molar-refractivity contribution in [1.29, 1.82) is 0 Å². The topological polar surface area (TPSA) is 77.4 Å². The van der Waals surface area contributed by atoms with E-state index >= 15 is 0 Å². The van der Waals surface area contributed by atoms with Gasteiger partial charge in [-0.15, -0.1) is 0 Å². The van der Waals surface area contributed by atoms with Gasteiger partial charge in [0.15, 0.2) is 5.82 Å². The number of nitrogens with two attached hydrogens (primary N) is 1. The summed E-state index contributed by atoms with van der Waals surface area (Å²) in [6, 6.07) is 6.82. The van der Waals surface area contributed by atoms with Gasteiger partial charge >= 0.3 is 0 Å².